The zero-order chi connectivity index (χ0) is 20.1. The molecule has 3 aromatic carbocycles. The van der Waals surface area contributed by atoms with Crippen molar-refractivity contribution in [3.8, 4) is 17.2 Å². The molecule has 0 saturated carbocycles. The number of hydrogen-bond acceptors (Lipinski definition) is 5. The number of aliphatic hydroxyl groups excluding tert-OH is 1. The van der Waals surface area contributed by atoms with Crippen LogP contribution < -0.4 is 24.8 Å². The molecule has 0 saturated heterocycles. The summed E-state index contributed by atoms with van der Waals surface area (Å²) in [4.78, 5) is 0. The van der Waals surface area contributed by atoms with E-state index >= 15 is 0 Å². The summed E-state index contributed by atoms with van der Waals surface area (Å²) in [6, 6.07) is 21.3. The molecule has 146 valence electrons. The van der Waals surface area contributed by atoms with E-state index in [1.54, 1.807) is 36.4 Å². The third-order valence-corrected chi connectivity index (χ3v) is 7.73. The molecule has 5 nitrogen and oxygen atoms in total. The molecule has 0 fully saturated rings. The van der Waals surface area contributed by atoms with Crippen molar-refractivity contribution in [2.75, 3.05) is 21.3 Å². The van der Waals surface area contributed by atoms with Crippen LogP contribution in [0.3, 0.4) is 0 Å². The van der Waals surface area contributed by atoms with E-state index < -0.39 is 13.0 Å². The van der Waals surface area contributed by atoms with Crippen molar-refractivity contribution in [3.05, 3.63) is 78.4 Å². The summed E-state index contributed by atoms with van der Waals surface area (Å²) in [7, 11) is 1.09. The molecule has 0 unspecified atom stereocenters. The van der Waals surface area contributed by atoms with Crippen LogP contribution in [0.25, 0.3) is 0 Å². The minimum atomic E-state index is -3.42. The molecule has 0 radical (unpaired) electrons. The predicted octanol–water partition coefficient (Wildman–Crippen LogP) is 3.72. The Balaban J connectivity index is 2.21. The fraction of sp³-hybridized carbons (Fsp3) is 0.182. The molecule has 0 bridgehead atoms. The topological polar surface area (TPSA) is 65.0 Å². The largest absolute Gasteiger partial charge is 0.493 e. The van der Waals surface area contributed by atoms with E-state index in [-0.39, 0.29) is 0 Å². The number of aliphatic hydroxyl groups is 1. The monoisotopic (exact) mass is 398 g/mol. The van der Waals surface area contributed by atoms with Crippen LogP contribution in [0.15, 0.2) is 72.8 Å². The molecule has 0 spiro atoms. The summed E-state index contributed by atoms with van der Waals surface area (Å²) in [6.07, 6.45) is 0. The summed E-state index contributed by atoms with van der Waals surface area (Å²) >= 11 is 0. The summed E-state index contributed by atoms with van der Waals surface area (Å²) in [5.74, 6) is -0.0895. The highest BCUT2D eigenvalue weighted by Crippen LogP contribution is 2.57. The van der Waals surface area contributed by atoms with Crippen molar-refractivity contribution in [2.45, 2.75) is 5.85 Å². The molecule has 1 atom stereocenters. The highest BCUT2D eigenvalue weighted by Gasteiger charge is 2.37. The van der Waals surface area contributed by atoms with Gasteiger partial charge in [-0.1, -0.05) is 60.7 Å². The molecule has 0 aromatic heterocycles. The average molecular weight is 398 g/mol. The van der Waals surface area contributed by atoms with Crippen molar-refractivity contribution in [3.63, 3.8) is 0 Å². The Labute approximate surface area is 164 Å². The molecule has 0 heterocycles. The van der Waals surface area contributed by atoms with Gasteiger partial charge in [0.2, 0.25) is 5.75 Å². The predicted molar refractivity (Wildman–Crippen MR) is 111 cm³/mol. The van der Waals surface area contributed by atoms with Gasteiger partial charge >= 0.3 is 0 Å². The highest BCUT2D eigenvalue weighted by atomic mass is 31.2. The average Bonchev–Trinajstić information content (AvgIpc) is 2.78. The molecule has 0 aliphatic rings. The van der Waals surface area contributed by atoms with Gasteiger partial charge in [0.25, 0.3) is 0 Å². The third-order valence-electron chi connectivity index (χ3n) is 4.61. The van der Waals surface area contributed by atoms with E-state index in [0.717, 1.165) is 0 Å². The molecular weight excluding hydrogens is 375 g/mol. The van der Waals surface area contributed by atoms with Gasteiger partial charge in [0.15, 0.2) is 18.6 Å². The lowest BCUT2D eigenvalue weighted by molar-refractivity contribution is 0.254. The number of rotatable bonds is 7. The zero-order valence-electron chi connectivity index (χ0n) is 16.0. The van der Waals surface area contributed by atoms with Gasteiger partial charge in [-0.3, -0.25) is 0 Å². The molecule has 0 amide bonds. The minimum absolute atomic E-state index is 0.392. The van der Waals surface area contributed by atoms with E-state index in [0.29, 0.717) is 33.4 Å². The quantitative estimate of drug-likeness (QED) is 0.615. The van der Waals surface area contributed by atoms with Gasteiger partial charge < -0.3 is 23.9 Å². The van der Waals surface area contributed by atoms with E-state index in [2.05, 4.69) is 0 Å². The number of hydrogen-bond donors (Lipinski definition) is 1. The van der Waals surface area contributed by atoms with Crippen LogP contribution in [0.2, 0.25) is 0 Å². The summed E-state index contributed by atoms with van der Waals surface area (Å²) in [6.45, 7) is 0. The fourth-order valence-electron chi connectivity index (χ4n) is 3.19. The molecule has 0 aliphatic carbocycles. The summed E-state index contributed by atoms with van der Waals surface area (Å²) < 4.78 is 30.4. The first-order valence-corrected chi connectivity index (χ1v) is 10.5. The second-order valence-electron chi connectivity index (χ2n) is 6.16. The Morgan fingerprint density at radius 1 is 0.750 bits per heavy atom. The molecule has 1 N–H and O–H groups in total. The maximum atomic E-state index is 14.3. The smallest absolute Gasteiger partial charge is 0.203 e. The van der Waals surface area contributed by atoms with E-state index in [4.69, 9.17) is 14.2 Å². The lowest BCUT2D eigenvalue weighted by Gasteiger charge is -2.26. The molecule has 3 rings (SSSR count). The van der Waals surface area contributed by atoms with Gasteiger partial charge in [0, 0.05) is 10.6 Å². The summed E-state index contributed by atoms with van der Waals surface area (Å²) in [5, 5.41) is 12.5. The van der Waals surface area contributed by atoms with Gasteiger partial charge in [0.1, 0.15) is 5.85 Å². The first-order chi connectivity index (χ1) is 13.6. The number of methoxy groups -OCH3 is 3. The maximum Gasteiger partial charge on any atom is 0.203 e. The highest BCUT2D eigenvalue weighted by molar-refractivity contribution is 7.78. The second kappa shape index (κ2) is 8.51. The third kappa shape index (κ3) is 3.51. The molecular formula is C22H23O5P. The normalized spacial score (nSPS) is 12.3. The van der Waals surface area contributed by atoms with Crippen LogP contribution in [-0.4, -0.2) is 26.4 Å². The Kier molecular flexibility index (Phi) is 6.08. The zero-order valence-corrected chi connectivity index (χ0v) is 16.9. The standard InChI is InChI=1S/C22H23O5P/c1-25-19-14-16(15-20(26-2)21(19)27-3)22(23)28(24,17-10-6-4-7-11-17)18-12-8-5-9-13-18/h4-15,22-23H,1-3H3/t22-/m1/s1. The lowest BCUT2D eigenvalue weighted by atomic mass is 10.2. The Hall–Kier alpha value is -2.75. The second-order valence-corrected chi connectivity index (χ2v) is 9.00. The van der Waals surface area contributed by atoms with Crippen LogP contribution in [0.1, 0.15) is 11.4 Å². The van der Waals surface area contributed by atoms with Gasteiger partial charge in [-0.2, -0.15) is 0 Å². The van der Waals surface area contributed by atoms with Gasteiger partial charge in [-0.15, -0.1) is 0 Å². The van der Waals surface area contributed by atoms with Crippen LogP contribution in [0.5, 0.6) is 17.2 Å². The first kappa shape index (κ1) is 20.0. The molecule has 28 heavy (non-hydrogen) atoms. The van der Waals surface area contributed by atoms with Crippen molar-refractivity contribution < 1.29 is 23.9 Å². The Morgan fingerprint density at radius 3 is 1.54 bits per heavy atom. The van der Waals surface area contributed by atoms with Crippen molar-refractivity contribution >= 4 is 17.8 Å². The fourth-order valence-corrected chi connectivity index (χ4v) is 5.85. The van der Waals surface area contributed by atoms with Crippen LogP contribution >= 0.6 is 7.14 Å². The van der Waals surface area contributed by atoms with E-state index in [9.17, 15) is 9.67 Å². The molecule has 3 aromatic rings. The minimum Gasteiger partial charge on any atom is -0.493 e. The van der Waals surface area contributed by atoms with E-state index in [1.807, 2.05) is 36.4 Å². The maximum absolute atomic E-state index is 14.3. The lowest BCUT2D eigenvalue weighted by Crippen LogP contribution is -2.21. The van der Waals surface area contributed by atoms with Crippen LogP contribution in [-0.2, 0) is 4.57 Å². The van der Waals surface area contributed by atoms with Crippen molar-refractivity contribution in [1.29, 1.82) is 0 Å². The summed E-state index contributed by atoms with van der Waals surface area (Å²) in [5.41, 5.74) is 0.422. The van der Waals surface area contributed by atoms with E-state index in [1.165, 1.54) is 21.3 Å². The van der Waals surface area contributed by atoms with Gasteiger partial charge in [-0.05, 0) is 17.7 Å². The van der Waals surface area contributed by atoms with Crippen LogP contribution in [0, 0.1) is 0 Å². The molecule has 6 heteroatoms. The molecule has 0 aliphatic heterocycles. The Morgan fingerprint density at radius 2 is 1.18 bits per heavy atom. The van der Waals surface area contributed by atoms with Gasteiger partial charge in [0.05, 0.1) is 21.3 Å². The van der Waals surface area contributed by atoms with Crippen molar-refractivity contribution in [1.82, 2.24) is 0 Å². The Bertz CT molecular complexity index is 904. The number of benzene rings is 3. The first-order valence-electron chi connectivity index (χ1n) is 8.75. The number of ether oxygens (including phenoxy) is 3. The van der Waals surface area contributed by atoms with Gasteiger partial charge in [-0.25, -0.2) is 0 Å². The SMILES string of the molecule is COc1cc([C@H](O)P(=O)(c2ccccc2)c2ccccc2)cc(OC)c1OC. The van der Waals surface area contributed by atoms with Crippen LogP contribution in [0.4, 0.5) is 0 Å². The van der Waals surface area contributed by atoms with Crippen molar-refractivity contribution in [2.24, 2.45) is 0 Å².